The molecular weight excluding hydrogens is 367 g/mol. The van der Waals surface area contributed by atoms with Gasteiger partial charge in [0.25, 0.3) is 0 Å². The van der Waals surface area contributed by atoms with Gasteiger partial charge >= 0.3 is 0 Å². The van der Waals surface area contributed by atoms with Gasteiger partial charge in [0.2, 0.25) is 0 Å². The van der Waals surface area contributed by atoms with Crippen LogP contribution in [0.3, 0.4) is 0 Å². The van der Waals surface area contributed by atoms with Gasteiger partial charge in [-0.2, -0.15) is 5.10 Å². The number of fused-ring (bicyclic) bond motifs is 1. The van der Waals surface area contributed by atoms with Gasteiger partial charge in [-0.05, 0) is 56.2 Å². The Bertz CT molecular complexity index is 1180. The molecule has 0 bridgehead atoms. The highest BCUT2D eigenvalue weighted by atomic mass is 19.1. The van der Waals surface area contributed by atoms with Crippen molar-refractivity contribution in [3.63, 3.8) is 0 Å². The Morgan fingerprint density at radius 2 is 1.69 bits per heavy atom. The molecule has 1 N–H and O–H groups in total. The van der Waals surface area contributed by atoms with E-state index >= 15 is 0 Å². The van der Waals surface area contributed by atoms with E-state index in [4.69, 9.17) is 5.10 Å². The smallest absolute Gasteiger partial charge is 0.137 e. The molecule has 5 nitrogen and oxygen atoms in total. The molecule has 0 atom stereocenters. The van der Waals surface area contributed by atoms with E-state index in [1.54, 1.807) is 32.2 Å². The first-order valence-electron chi connectivity index (χ1n) is 9.70. The third-order valence-corrected chi connectivity index (χ3v) is 5.18. The van der Waals surface area contributed by atoms with Crippen molar-refractivity contribution in [3.05, 3.63) is 66.0 Å². The zero-order valence-corrected chi connectivity index (χ0v) is 17.3. The Kier molecular flexibility index (Phi) is 4.54. The van der Waals surface area contributed by atoms with Gasteiger partial charge in [-0.3, -0.25) is 4.68 Å². The quantitative estimate of drug-likeness (QED) is 0.538. The number of nitrogens with zero attached hydrogens (tertiary/aromatic N) is 4. The van der Waals surface area contributed by atoms with Crippen LogP contribution in [0.5, 0.6) is 0 Å². The number of aliphatic hydroxyl groups is 1. The molecule has 0 saturated heterocycles. The molecule has 29 heavy (non-hydrogen) atoms. The van der Waals surface area contributed by atoms with Crippen molar-refractivity contribution in [1.29, 1.82) is 0 Å². The number of aryl methyl sites for hydroxylation is 1. The van der Waals surface area contributed by atoms with E-state index < -0.39 is 5.60 Å². The van der Waals surface area contributed by atoms with Crippen molar-refractivity contribution >= 4 is 5.65 Å². The predicted octanol–water partition coefficient (Wildman–Crippen LogP) is 4.89. The second-order valence-corrected chi connectivity index (χ2v) is 8.24. The summed E-state index contributed by atoms with van der Waals surface area (Å²) in [6.07, 6.45) is 3.69. The summed E-state index contributed by atoms with van der Waals surface area (Å²) in [6.45, 7) is 7.76. The molecule has 0 unspecified atom stereocenters. The number of hydrogen-bond acceptors (Lipinski definition) is 3. The zero-order valence-electron chi connectivity index (χ0n) is 17.3. The molecule has 3 heterocycles. The van der Waals surface area contributed by atoms with E-state index in [1.807, 2.05) is 34.5 Å². The van der Waals surface area contributed by atoms with Gasteiger partial charge in [0.1, 0.15) is 22.8 Å². The summed E-state index contributed by atoms with van der Waals surface area (Å²) in [4.78, 5) is 4.41. The van der Waals surface area contributed by atoms with E-state index in [1.165, 1.54) is 12.1 Å². The standard InChI is InChI=1S/C23H25FN4O/c1-14(2)22-20(21(26-27(22)5)15-6-9-17(24)10-7-15)16-8-11-19-25-12-18(23(3,4)29)28(19)13-16/h6-14,29H,1-5H3. The Morgan fingerprint density at radius 3 is 2.31 bits per heavy atom. The summed E-state index contributed by atoms with van der Waals surface area (Å²) >= 11 is 0. The minimum atomic E-state index is -1.02. The molecule has 0 aliphatic carbocycles. The molecule has 0 spiro atoms. The van der Waals surface area contributed by atoms with Crippen molar-refractivity contribution in [1.82, 2.24) is 19.2 Å². The molecule has 150 valence electrons. The molecule has 0 aliphatic heterocycles. The summed E-state index contributed by atoms with van der Waals surface area (Å²) in [5, 5.41) is 15.3. The Balaban J connectivity index is 2.00. The van der Waals surface area contributed by atoms with Gasteiger partial charge in [-0.15, -0.1) is 0 Å². The van der Waals surface area contributed by atoms with Crippen molar-refractivity contribution in [3.8, 4) is 22.4 Å². The fraction of sp³-hybridized carbons (Fsp3) is 0.304. The first-order valence-corrected chi connectivity index (χ1v) is 9.70. The van der Waals surface area contributed by atoms with E-state index in [0.717, 1.165) is 33.7 Å². The van der Waals surface area contributed by atoms with E-state index in [0.29, 0.717) is 5.69 Å². The molecule has 4 aromatic rings. The zero-order chi connectivity index (χ0) is 20.9. The molecule has 0 aliphatic rings. The summed E-state index contributed by atoms with van der Waals surface area (Å²) < 4.78 is 17.3. The van der Waals surface area contributed by atoms with E-state index in [2.05, 4.69) is 18.8 Å². The van der Waals surface area contributed by atoms with Crippen LogP contribution >= 0.6 is 0 Å². The lowest BCUT2D eigenvalue weighted by Gasteiger charge is -2.17. The lowest BCUT2D eigenvalue weighted by atomic mass is 9.95. The van der Waals surface area contributed by atoms with Crippen molar-refractivity contribution in [2.24, 2.45) is 7.05 Å². The van der Waals surface area contributed by atoms with Crippen LogP contribution < -0.4 is 0 Å². The molecule has 4 rings (SSSR count). The summed E-state index contributed by atoms with van der Waals surface area (Å²) in [5.41, 5.74) is 5.19. The second-order valence-electron chi connectivity index (χ2n) is 8.24. The first-order chi connectivity index (χ1) is 13.7. The third-order valence-electron chi connectivity index (χ3n) is 5.18. The molecule has 0 radical (unpaired) electrons. The fourth-order valence-corrected chi connectivity index (χ4v) is 3.87. The van der Waals surface area contributed by atoms with Crippen LogP contribution in [-0.4, -0.2) is 24.3 Å². The number of aromatic nitrogens is 4. The van der Waals surface area contributed by atoms with E-state index in [9.17, 15) is 9.50 Å². The first kappa shape index (κ1) is 19.3. The number of benzene rings is 1. The molecule has 0 fully saturated rings. The molecule has 1 aromatic carbocycles. The number of pyridine rings is 1. The number of rotatable bonds is 4. The van der Waals surface area contributed by atoms with Gasteiger partial charge < -0.3 is 9.51 Å². The van der Waals surface area contributed by atoms with Crippen molar-refractivity contribution in [2.75, 3.05) is 0 Å². The Morgan fingerprint density at radius 1 is 1.03 bits per heavy atom. The highest BCUT2D eigenvalue weighted by Gasteiger charge is 2.24. The van der Waals surface area contributed by atoms with Gasteiger partial charge in [-0.25, -0.2) is 9.37 Å². The average Bonchev–Trinajstić information content (AvgIpc) is 3.22. The molecule has 3 aromatic heterocycles. The third kappa shape index (κ3) is 3.34. The molecule has 6 heteroatoms. The summed E-state index contributed by atoms with van der Waals surface area (Å²) in [7, 11) is 1.93. The highest BCUT2D eigenvalue weighted by molar-refractivity contribution is 5.83. The van der Waals surface area contributed by atoms with Crippen LogP contribution in [0.2, 0.25) is 0 Å². The van der Waals surface area contributed by atoms with Crippen LogP contribution in [-0.2, 0) is 12.6 Å². The van der Waals surface area contributed by atoms with Gasteiger partial charge in [0, 0.05) is 35.6 Å². The second kappa shape index (κ2) is 6.81. The summed E-state index contributed by atoms with van der Waals surface area (Å²) in [6, 6.07) is 10.4. The Hall–Kier alpha value is -2.99. The largest absolute Gasteiger partial charge is 0.384 e. The van der Waals surface area contributed by atoms with Crippen LogP contribution in [0, 0.1) is 5.82 Å². The lowest BCUT2D eigenvalue weighted by Crippen LogP contribution is -2.18. The fourth-order valence-electron chi connectivity index (χ4n) is 3.87. The van der Waals surface area contributed by atoms with Crippen LogP contribution in [0.15, 0.2) is 48.8 Å². The topological polar surface area (TPSA) is 55.4 Å². The number of imidazole rings is 1. The normalized spacial score (nSPS) is 12.3. The van der Waals surface area contributed by atoms with Gasteiger partial charge in [-0.1, -0.05) is 13.8 Å². The van der Waals surface area contributed by atoms with E-state index in [-0.39, 0.29) is 11.7 Å². The van der Waals surface area contributed by atoms with Gasteiger partial charge in [0.15, 0.2) is 0 Å². The van der Waals surface area contributed by atoms with Crippen molar-refractivity contribution < 1.29 is 9.50 Å². The SMILES string of the molecule is CC(C)c1c(-c2ccc3ncc(C(C)(C)O)n3c2)c(-c2ccc(F)cc2)nn1C. The molecular formula is C23H25FN4O. The molecule has 0 saturated carbocycles. The Labute approximate surface area is 169 Å². The minimum Gasteiger partial charge on any atom is -0.384 e. The maximum Gasteiger partial charge on any atom is 0.137 e. The number of halogens is 1. The maximum atomic E-state index is 13.5. The average molecular weight is 392 g/mol. The highest BCUT2D eigenvalue weighted by Crippen LogP contribution is 2.38. The van der Waals surface area contributed by atoms with Gasteiger partial charge in [0.05, 0.1) is 11.9 Å². The summed E-state index contributed by atoms with van der Waals surface area (Å²) in [5.74, 6) is -0.0334. The predicted molar refractivity (Wildman–Crippen MR) is 112 cm³/mol. The minimum absolute atomic E-state index is 0.240. The van der Waals surface area contributed by atoms with Crippen molar-refractivity contribution in [2.45, 2.75) is 39.2 Å². The number of hydrogen-bond donors (Lipinski definition) is 1. The maximum absolute atomic E-state index is 13.5. The van der Waals surface area contributed by atoms with Crippen LogP contribution in [0.4, 0.5) is 4.39 Å². The van der Waals surface area contributed by atoms with Crippen LogP contribution in [0.1, 0.15) is 45.0 Å². The monoisotopic (exact) mass is 392 g/mol. The lowest BCUT2D eigenvalue weighted by molar-refractivity contribution is 0.0730. The molecule has 0 amide bonds. The van der Waals surface area contributed by atoms with Crippen LogP contribution in [0.25, 0.3) is 28.0 Å².